The summed E-state index contributed by atoms with van der Waals surface area (Å²) in [5.41, 5.74) is 4.57. The highest BCUT2D eigenvalue weighted by molar-refractivity contribution is 8.01. The standard InChI is InChI=1S/C11H9F3N4OS2/c1-5-16-17-10(20-5)21-8-3-2-6(11(12,13)14)4-7(8)9(15)18-19/h2-4,19H,1H3,(H2,15,18). The van der Waals surface area contributed by atoms with Crippen LogP contribution in [0.25, 0.3) is 0 Å². The molecular formula is C11H9F3N4OS2. The highest BCUT2D eigenvalue weighted by Gasteiger charge is 2.31. The lowest BCUT2D eigenvalue weighted by molar-refractivity contribution is -0.137. The third-order valence-corrected chi connectivity index (χ3v) is 4.36. The Morgan fingerprint density at radius 3 is 2.62 bits per heavy atom. The number of benzene rings is 1. The highest BCUT2D eigenvalue weighted by Crippen LogP contribution is 2.36. The van der Waals surface area contributed by atoms with Gasteiger partial charge in [0.05, 0.1) is 5.56 Å². The van der Waals surface area contributed by atoms with E-state index in [0.29, 0.717) is 9.24 Å². The normalized spacial score (nSPS) is 12.7. The van der Waals surface area contributed by atoms with E-state index >= 15 is 0 Å². The molecule has 0 spiro atoms. The lowest BCUT2D eigenvalue weighted by Crippen LogP contribution is -2.16. The zero-order chi connectivity index (χ0) is 15.6. The maximum atomic E-state index is 12.7. The Balaban J connectivity index is 2.45. The van der Waals surface area contributed by atoms with Crippen LogP contribution in [0.5, 0.6) is 0 Å². The third kappa shape index (κ3) is 3.64. The van der Waals surface area contributed by atoms with Gasteiger partial charge in [0.2, 0.25) is 0 Å². The summed E-state index contributed by atoms with van der Waals surface area (Å²) < 4.78 is 38.7. The molecule has 0 saturated heterocycles. The molecule has 0 amide bonds. The number of aryl methyl sites for hydroxylation is 1. The Labute approximate surface area is 125 Å². The van der Waals surface area contributed by atoms with E-state index in [4.69, 9.17) is 10.9 Å². The van der Waals surface area contributed by atoms with Crippen molar-refractivity contribution in [1.29, 1.82) is 0 Å². The maximum absolute atomic E-state index is 12.7. The number of rotatable bonds is 3. The van der Waals surface area contributed by atoms with Crippen molar-refractivity contribution in [3.05, 3.63) is 34.3 Å². The number of nitrogens with zero attached hydrogens (tertiary/aromatic N) is 3. The molecule has 1 aromatic heterocycles. The maximum Gasteiger partial charge on any atom is 0.416 e. The molecule has 0 atom stereocenters. The van der Waals surface area contributed by atoms with Crippen molar-refractivity contribution in [1.82, 2.24) is 10.2 Å². The van der Waals surface area contributed by atoms with E-state index in [1.165, 1.54) is 17.4 Å². The van der Waals surface area contributed by atoms with Crippen LogP contribution in [0, 0.1) is 6.92 Å². The van der Waals surface area contributed by atoms with Crippen molar-refractivity contribution in [2.75, 3.05) is 0 Å². The Morgan fingerprint density at radius 2 is 2.10 bits per heavy atom. The predicted octanol–water partition coefficient (Wildman–Crippen LogP) is 3.11. The van der Waals surface area contributed by atoms with Gasteiger partial charge in [-0.15, -0.1) is 10.2 Å². The van der Waals surface area contributed by atoms with Gasteiger partial charge in [0, 0.05) is 10.5 Å². The summed E-state index contributed by atoms with van der Waals surface area (Å²) in [6, 6.07) is 3.03. The molecule has 0 aliphatic rings. The number of halogens is 3. The van der Waals surface area contributed by atoms with Crippen LogP contribution >= 0.6 is 23.1 Å². The molecule has 1 aromatic carbocycles. The Hall–Kier alpha value is -1.81. The smallest absolute Gasteiger partial charge is 0.409 e. The molecule has 0 fully saturated rings. The first-order chi connectivity index (χ1) is 9.81. The summed E-state index contributed by atoms with van der Waals surface area (Å²) >= 11 is 2.40. The van der Waals surface area contributed by atoms with Crippen LogP contribution in [0.1, 0.15) is 16.1 Å². The fourth-order valence-corrected chi connectivity index (χ4v) is 3.36. The van der Waals surface area contributed by atoms with Crippen LogP contribution in [0.3, 0.4) is 0 Å². The number of amidine groups is 1. The van der Waals surface area contributed by atoms with E-state index in [1.807, 2.05) is 0 Å². The fourth-order valence-electron chi connectivity index (χ4n) is 1.46. The number of aromatic nitrogens is 2. The van der Waals surface area contributed by atoms with Crippen molar-refractivity contribution >= 4 is 28.9 Å². The number of hydrogen-bond acceptors (Lipinski definition) is 6. The second kappa shape index (κ2) is 5.90. The summed E-state index contributed by atoms with van der Waals surface area (Å²) in [7, 11) is 0. The molecule has 0 aliphatic carbocycles. The van der Waals surface area contributed by atoms with Gasteiger partial charge in [0.1, 0.15) is 5.01 Å². The van der Waals surface area contributed by atoms with Gasteiger partial charge >= 0.3 is 6.18 Å². The third-order valence-electron chi connectivity index (χ3n) is 2.40. The number of oxime groups is 1. The minimum absolute atomic E-state index is 0.00909. The molecule has 0 aliphatic heterocycles. The molecule has 5 nitrogen and oxygen atoms in total. The number of hydrogen-bond donors (Lipinski definition) is 2. The van der Waals surface area contributed by atoms with E-state index in [0.717, 1.165) is 28.9 Å². The van der Waals surface area contributed by atoms with E-state index in [9.17, 15) is 13.2 Å². The quantitative estimate of drug-likeness (QED) is 0.390. The van der Waals surface area contributed by atoms with Crippen LogP contribution in [-0.4, -0.2) is 21.2 Å². The van der Waals surface area contributed by atoms with Gasteiger partial charge in [0.25, 0.3) is 0 Å². The molecule has 2 rings (SSSR count). The van der Waals surface area contributed by atoms with Crippen LogP contribution < -0.4 is 5.73 Å². The molecular weight excluding hydrogens is 325 g/mol. The average Bonchev–Trinajstić information content (AvgIpc) is 2.82. The molecule has 21 heavy (non-hydrogen) atoms. The number of nitrogens with two attached hydrogens (primary N) is 1. The summed E-state index contributed by atoms with van der Waals surface area (Å²) in [5.74, 6) is -0.398. The second-order valence-electron chi connectivity index (χ2n) is 3.88. The summed E-state index contributed by atoms with van der Waals surface area (Å²) in [6.07, 6.45) is -4.51. The minimum Gasteiger partial charge on any atom is -0.409 e. The first kappa shape index (κ1) is 15.6. The van der Waals surface area contributed by atoms with Crippen molar-refractivity contribution in [2.24, 2.45) is 10.9 Å². The predicted molar refractivity (Wildman–Crippen MR) is 72.7 cm³/mol. The molecule has 3 N–H and O–H groups in total. The second-order valence-corrected chi connectivity index (χ2v) is 6.35. The van der Waals surface area contributed by atoms with E-state index in [2.05, 4.69) is 15.4 Å². The van der Waals surface area contributed by atoms with Gasteiger partial charge in [-0.3, -0.25) is 0 Å². The molecule has 0 unspecified atom stereocenters. The first-order valence-electron chi connectivity index (χ1n) is 5.48. The SMILES string of the molecule is Cc1nnc(Sc2ccc(C(F)(F)F)cc2/C(N)=N/O)s1. The Kier molecular flexibility index (Phi) is 4.37. The fraction of sp³-hybridized carbons (Fsp3) is 0.182. The molecule has 0 saturated carbocycles. The minimum atomic E-state index is -4.51. The molecule has 10 heteroatoms. The van der Waals surface area contributed by atoms with Gasteiger partial charge in [-0.1, -0.05) is 28.3 Å². The highest BCUT2D eigenvalue weighted by atomic mass is 32.2. The van der Waals surface area contributed by atoms with E-state index < -0.39 is 17.6 Å². The van der Waals surface area contributed by atoms with Crippen LogP contribution in [0.2, 0.25) is 0 Å². The van der Waals surface area contributed by atoms with Gasteiger partial charge in [0.15, 0.2) is 10.2 Å². The molecule has 1 heterocycles. The summed E-state index contributed by atoms with van der Waals surface area (Å²) in [6.45, 7) is 1.76. The molecule has 0 radical (unpaired) electrons. The Morgan fingerprint density at radius 1 is 1.38 bits per heavy atom. The molecule has 0 bridgehead atoms. The summed E-state index contributed by atoms with van der Waals surface area (Å²) in [4.78, 5) is 0.398. The van der Waals surface area contributed by atoms with Crippen molar-refractivity contribution in [2.45, 2.75) is 22.3 Å². The van der Waals surface area contributed by atoms with Gasteiger partial charge in [-0.2, -0.15) is 13.2 Å². The lowest BCUT2D eigenvalue weighted by atomic mass is 10.1. The largest absolute Gasteiger partial charge is 0.416 e. The first-order valence-corrected chi connectivity index (χ1v) is 7.11. The van der Waals surface area contributed by atoms with E-state index in [-0.39, 0.29) is 5.56 Å². The number of alkyl halides is 3. The summed E-state index contributed by atoms with van der Waals surface area (Å²) in [5, 5.41) is 19.9. The zero-order valence-corrected chi connectivity index (χ0v) is 12.2. The van der Waals surface area contributed by atoms with Crippen LogP contribution in [-0.2, 0) is 6.18 Å². The van der Waals surface area contributed by atoms with Crippen LogP contribution in [0.4, 0.5) is 13.2 Å². The van der Waals surface area contributed by atoms with Crippen molar-refractivity contribution < 1.29 is 18.4 Å². The molecule has 112 valence electrons. The average molecular weight is 334 g/mol. The monoisotopic (exact) mass is 334 g/mol. The van der Waals surface area contributed by atoms with E-state index in [1.54, 1.807) is 6.92 Å². The molecule has 2 aromatic rings. The van der Waals surface area contributed by atoms with Gasteiger partial charge in [-0.05, 0) is 25.1 Å². The van der Waals surface area contributed by atoms with Crippen molar-refractivity contribution in [3.63, 3.8) is 0 Å². The zero-order valence-electron chi connectivity index (χ0n) is 10.5. The van der Waals surface area contributed by atoms with Crippen LogP contribution in [0.15, 0.2) is 32.6 Å². The topological polar surface area (TPSA) is 84.4 Å². The Bertz CT molecular complexity index is 684. The van der Waals surface area contributed by atoms with Gasteiger partial charge < -0.3 is 10.9 Å². The lowest BCUT2D eigenvalue weighted by Gasteiger charge is -2.11. The van der Waals surface area contributed by atoms with Crippen molar-refractivity contribution in [3.8, 4) is 0 Å². The van der Waals surface area contributed by atoms with Gasteiger partial charge in [-0.25, -0.2) is 0 Å².